The van der Waals surface area contributed by atoms with Crippen molar-refractivity contribution in [2.45, 2.75) is 0 Å². The monoisotopic (exact) mass is 290 g/mol. The zero-order chi connectivity index (χ0) is 15.2. The van der Waals surface area contributed by atoms with Gasteiger partial charge in [-0.3, -0.25) is 19.7 Å². The lowest BCUT2D eigenvalue weighted by atomic mass is 10.3. The summed E-state index contributed by atoms with van der Waals surface area (Å²) in [6.07, 6.45) is 0. The third-order valence-electron chi connectivity index (χ3n) is 2.73. The number of carbonyl (C=O) groups excluding carboxylic acids is 4. The van der Waals surface area contributed by atoms with Gasteiger partial charge in [-0.2, -0.15) is 0 Å². The van der Waals surface area contributed by atoms with E-state index in [0.29, 0.717) is 5.69 Å². The number of piperazine rings is 1. The third-order valence-corrected chi connectivity index (χ3v) is 2.73. The van der Waals surface area contributed by atoms with Crippen molar-refractivity contribution in [3.8, 4) is 0 Å². The van der Waals surface area contributed by atoms with E-state index in [0.717, 1.165) is 4.90 Å². The maximum absolute atomic E-state index is 11.8. The number of nitrogens with zero attached hydrogens (tertiary/aromatic N) is 1. The van der Waals surface area contributed by atoms with Crippen molar-refractivity contribution in [3.63, 3.8) is 0 Å². The molecule has 1 heterocycles. The quantitative estimate of drug-likeness (QED) is 0.639. The van der Waals surface area contributed by atoms with Crippen LogP contribution in [-0.2, 0) is 14.4 Å². The Balaban J connectivity index is 1.79. The molecule has 21 heavy (non-hydrogen) atoms. The number of hydrogen-bond acceptors (Lipinski definition) is 4. The highest BCUT2D eigenvalue weighted by molar-refractivity contribution is 6.03. The zero-order valence-corrected chi connectivity index (χ0v) is 11.1. The summed E-state index contributed by atoms with van der Waals surface area (Å²) in [5.41, 5.74) is 0.593. The average Bonchev–Trinajstić information content (AvgIpc) is 2.45. The summed E-state index contributed by atoms with van der Waals surface area (Å²) >= 11 is 0. The van der Waals surface area contributed by atoms with Crippen LogP contribution in [0.15, 0.2) is 30.3 Å². The molecule has 1 saturated heterocycles. The highest BCUT2D eigenvalue weighted by Gasteiger charge is 2.26. The molecule has 1 fully saturated rings. The van der Waals surface area contributed by atoms with Crippen molar-refractivity contribution < 1.29 is 19.2 Å². The third kappa shape index (κ3) is 4.30. The Hall–Kier alpha value is -2.90. The van der Waals surface area contributed by atoms with Crippen molar-refractivity contribution in [1.29, 1.82) is 0 Å². The largest absolute Gasteiger partial charge is 0.329 e. The van der Waals surface area contributed by atoms with Gasteiger partial charge in [-0.05, 0) is 12.1 Å². The molecule has 1 aromatic carbocycles. The van der Waals surface area contributed by atoms with Gasteiger partial charge in [0.2, 0.25) is 17.7 Å². The molecule has 0 atom stereocenters. The second-order valence-corrected chi connectivity index (χ2v) is 4.39. The van der Waals surface area contributed by atoms with Crippen molar-refractivity contribution >= 4 is 29.4 Å². The Morgan fingerprint density at radius 2 is 1.71 bits per heavy atom. The highest BCUT2D eigenvalue weighted by atomic mass is 16.2. The van der Waals surface area contributed by atoms with E-state index in [9.17, 15) is 19.2 Å². The van der Waals surface area contributed by atoms with Gasteiger partial charge in [0.1, 0.15) is 13.1 Å². The van der Waals surface area contributed by atoms with Crippen LogP contribution in [0, 0.1) is 0 Å². The Morgan fingerprint density at radius 3 is 2.33 bits per heavy atom. The van der Waals surface area contributed by atoms with Gasteiger partial charge in [0, 0.05) is 5.69 Å². The van der Waals surface area contributed by atoms with E-state index >= 15 is 0 Å². The topological polar surface area (TPSA) is 108 Å². The van der Waals surface area contributed by atoms with Crippen LogP contribution in [0.1, 0.15) is 0 Å². The van der Waals surface area contributed by atoms with Gasteiger partial charge in [-0.15, -0.1) is 0 Å². The summed E-state index contributed by atoms with van der Waals surface area (Å²) in [6.45, 7) is -0.668. The Kier molecular flexibility index (Phi) is 4.50. The first kappa shape index (κ1) is 14.5. The molecule has 110 valence electrons. The maximum atomic E-state index is 11.8. The van der Waals surface area contributed by atoms with Crippen LogP contribution in [0.25, 0.3) is 0 Å². The van der Waals surface area contributed by atoms with Gasteiger partial charge in [0.15, 0.2) is 0 Å². The first-order valence-corrected chi connectivity index (χ1v) is 6.25. The van der Waals surface area contributed by atoms with Crippen LogP contribution in [0.3, 0.4) is 0 Å². The molecule has 0 radical (unpaired) electrons. The molecule has 0 spiro atoms. The molecule has 1 aromatic rings. The molecule has 1 aliphatic rings. The molecule has 3 N–H and O–H groups in total. The average molecular weight is 290 g/mol. The fourth-order valence-corrected chi connectivity index (χ4v) is 1.78. The molecule has 0 unspecified atom stereocenters. The maximum Gasteiger partial charge on any atom is 0.319 e. The first-order valence-electron chi connectivity index (χ1n) is 6.25. The minimum Gasteiger partial charge on any atom is -0.329 e. The molecule has 1 aliphatic heterocycles. The molecule has 8 heteroatoms. The SMILES string of the molecule is O=C1CN(C(=O)CNC(=O)Nc2ccccc2)CC(=O)N1. The van der Waals surface area contributed by atoms with Crippen molar-refractivity contribution in [3.05, 3.63) is 30.3 Å². The van der Waals surface area contributed by atoms with Crippen LogP contribution in [0.5, 0.6) is 0 Å². The summed E-state index contributed by atoms with van der Waals surface area (Å²) in [7, 11) is 0. The predicted molar refractivity (Wildman–Crippen MR) is 73.2 cm³/mol. The van der Waals surface area contributed by atoms with Crippen molar-refractivity contribution in [2.75, 3.05) is 25.0 Å². The first-order chi connectivity index (χ1) is 10.0. The van der Waals surface area contributed by atoms with E-state index in [1.54, 1.807) is 24.3 Å². The molecule has 0 saturated carbocycles. The number of anilines is 1. The number of rotatable bonds is 3. The number of benzene rings is 1. The molecular formula is C13H14N4O4. The number of para-hydroxylation sites is 1. The minimum atomic E-state index is -0.540. The fourth-order valence-electron chi connectivity index (χ4n) is 1.78. The zero-order valence-electron chi connectivity index (χ0n) is 11.1. The Bertz CT molecular complexity index is 557. The van der Waals surface area contributed by atoms with Gasteiger partial charge >= 0.3 is 6.03 Å². The van der Waals surface area contributed by atoms with Gasteiger partial charge in [-0.1, -0.05) is 18.2 Å². The lowest BCUT2D eigenvalue weighted by Crippen LogP contribution is -2.55. The summed E-state index contributed by atoms with van der Waals surface area (Å²) in [5.74, 6) is -1.57. The van der Waals surface area contributed by atoms with Crippen molar-refractivity contribution in [2.24, 2.45) is 0 Å². The summed E-state index contributed by atoms with van der Waals surface area (Å²) < 4.78 is 0. The summed E-state index contributed by atoms with van der Waals surface area (Å²) in [6, 6.07) is 8.20. The Labute approximate surface area is 120 Å². The van der Waals surface area contributed by atoms with E-state index in [-0.39, 0.29) is 19.6 Å². The van der Waals surface area contributed by atoms with Crippen LogP contribution < -0.4 is 16.0 Å². The smallest absolute Gasteiger partial charge is 0.319 e. The van der Waals surface area contributed by atoms with E-state index in [2.05, 4.69) is 16.0 Å². The summed E-state index contributed by atoms with van der Waals surface area (Å²) in [4.78, 5) is 46.8. The molecule has 0 aromatic heterocycles. The van der Waals surface area contributed by atoms with Crippen LogP contribution in [0.4, 0.5) is 10.5 Å². The van der Waals surface area contributed by atoms with Gasteiger partial charge < -0.3 is 15.5 Å². The van der Waals surface area contributed by atoms with E-state index in [1.807, 2.05) is 6.07 Å². The number of imide groups is 1. The number of carbonyl (C=O) groups is 4. The number of hydrogen-bond donors (Lipinski definition) is 3. The highest BCUT2D eigenvalue weighted by Crippen LogP contribution is 2.04. The van der Waals surface area contributed by atoms with Crippen LogP contribution in [-0.4, -0.2) is 48.3 Å². The summed E-state index contributed by atoms with van der Waals surface area (Å²) in [5, 5.41) is 7.01. The lowest BCUT2D eigenvalue weighted by Gasteiger charge is -2.25. The lowest BCUT2D eigenvalue weighted by molar-refractivity contribution is -0.144. The van der Waals surface area contributed by atoms with Gasteiger partial charge in [0.05, 0.1) is 6.54 Å². The minimum absolute atomic E-state index is 0.188. The standard InChI is InChI=1S/C13H14N4O4/c18-10-7-17(8-11(19)16-10)12(20)6-14-13(21)15-9-4-2-1-3-5-9/h1-5H,6-8H2,(H2,14,15,21)(H,16,18,19). The second-order valence-electron chi connectivity index (χ2n) is 4.39. The fraction of sp³-hybridized carbons (Fsp3) is 0.231. The number of urea groups is 1. The second kappa shape index (κ2) is 6.51. The molecule has 0 bridgehead atoms. The van der Waals surface area contributed by atoms with E-state index < -0.39 is 23.8 Å². The van der Waals surface area contributed by atoms with E-state index in [1.165, 1.54) is 0 Å². The normalized spacial score (nSPS) is 14.4. The van der Waals surface area contributed by atoms with E-state index in [4.69, 9.17) is 0 Å². The Morgan fingerprint density at radius 1 is 1.10 bits per heavy atom. The number of amides is 5. The van der Waals surface area contributed by atoms with Crippen molar-refractivity contribution in [1.82, 2.24) is 15.5 Å². The van der Waals surface area contributed by atoms with Crippen LogP contribution >= 0.6 is 0 Å². The molecular weight excluding hydrogens is 276 g/mol. The predicted octanol–water partition coefficient (Wildman–Crippen LogP) is -0.707. The van der Waals surface area contributed by atoms with Gasteiger partial charge in [-0.25, -0.2) is 4.79 Å². The number of nitrogens with one attached hydrogen (secondary N) is 3. The molecule has 8 nitrogen and oxygen atoms in total. The van der Waals surface area contributed by atoms with Crippen LogP contribution in [0.2, 0.25) is 0 Å². The molecule has 0 aliphatic carbocycles. The molecule has 2 rings (SSSR count). The molecule has 5 amide bonds. The van der Waals surface area contributed by atoms with Gasteiger partial charge in [0.25, 0.3) is 0 Å².